The molecule has 0 saturated carbocycles. The lowest BCUT2D eigenvalue weighted by atomic mass is 9.88. The summed E-state index contributed by atoms with van der Waals surface area (Å²) in [6.07, 6.45) is 3.30. The first kappa shape index (κ1) is 16.5. The maximum atomic E-state index is 8.99. The van der Waals surface area contributed by atoms with E-state index in [0.29, 0.717) is 12.3 Å². The minimum Gasteiger partial charge on any atom is -0.371 e. The number of thiophene rings is 1. The Morgan fingerprint density at radius 2 is 2.36 bits per heavy atom. The normalized spacial score (nSPS) is 26.6. The quantitative estimate of drug-likeness (QED) is 0.913. The van der Waals surface area contributed by atoms with Crippen LogP contribution < -0.4 is 5.32 Å². The molecule has 2 atom stereocenters. The number of nitrogens with zero attached hydrogens (tertiary/aromatic N) is 3. The monoisotopic (exact) mass is 354 g/mol. The fraction of sp³-hybridized carbons (Fsp3) is 0.474. The van der Waals surface area contributed by atoms with E-state index in [2.05, 4.69) is 38.8 Å². The molecular formula is C19H22N4OS. The van der Waals surface area contributed by atoms with Gasteiger partial charge in [0.15, 0.2) is 0 Å². The molecule has 6 heteroatoms. The van der Waals surface area contributed by atoms with Gasteiger partial charge in [0.25, 0.3) is 0 Å². The fourth-order valence-electron chi connectivity index (χ4n) is 3.96. The van der Waals surface area contributed by atoms with Crippen molar-refractivity contribution in [3.8, 4) is 6.07 Å². The number of hydrogen-bond acceptors (Lipinski definition) is 6. The highest BCUT2D eigenvalue weighted by Gasteiger charge is 2.43. The van der Waals surface area contributed by atoms with Crippen LogP contribution >= 0.6 is 11.3 Å². The van der Waals surface area contributed by atoms with Gasteiger partial charge in [0, 0.05) is 24.4 Å². The third-order valence-electron chi connectivity index (χ3n) is 5.00. The summed E-state index contributed by atoms with van der Waals surface area (Å²) in [5.74, 6) is 0.760. The Morgan fingerprint density at radius 1 is 1.40 bits per heavy atom. The standard InChI is InChI=1S/C19H22N4OS/c20-11-15-4-1-6-18(21-15)22-16-10-19(24-13-16)7-3-8-23(14-19)12-17-5-2-9-25-17/h1-2,4-6,9,16H,3,7-8,10,12-14H2,(H,21,22)/t16-,19+/m1/s1. The Balaban J connectivity index is 1.38. The molecule has 2 aromatic heterocycles. The number of aromatic nitrogens is 1. The lowest BCUT2D eigenvalue weighted by molar-refractivity contribution is -0.0531. The van der Waals surface area contributed by atoms with E-state index in [4.69, 9.17) is 10.00 Å². The second-order valence-corrected chi connectivity index (χ2v) is 7.99. The van der Waals surface area contributed by atoms with Crippen LogP contribution in [0.2, 0.25) is 0 Å². The molecule has 130 valence electrons. The SMILES string of the molecule is N#Cc1cccc(N[C@H]2CO[C@@]3(CCCN(Cc4cccs4)C3)C2)n1. The van der Waals surface area contributed by atoms with E-state index in [1.54, 1.807) is 6.07 Å². The van der Waals surface area contributed by atoms with Crippen molar-refractivity contribution in [2.45, 2.75) is 37.5 Å². The van der Waals surface area contributed by atoms with Crippen LogP contribution in [0.15, 0.2) is 35.7 Å². The Bertz CT molecular complexity index is 757. The molecule has 4 heterocycles. The topological polar surface area (TPSA) is 61.2 Å². The van der Waals surface area contributed by atoms with Gasteiger partial charge in [-0.2, -0.15) is 5.26 Å². The number of nitriles is 1. The van der Waals surface area contributed by atoms with Crippen LogP contribution in [0.3, 0.4) is 0 Å². The molecule has 1 N–H and O–H groups in total. The zero-order valence-electron chi connectivity index (χ0n) is 14.1. The summed E-state index contributed by atoms with van der Waals surface area (Å²) in [5.41, 5.74) is 0.401. The molecule has 1 spiro atoms. The van der Waals surface area contributed by atoms with E-state index >= 15 is 0 Å². The van der Waals surface area contributed by atoms with Crippen molar-refractivity contribution >= 4 is 17.2 Å². The summed E-state index contributed by atoms with van der Waals surface area (Å²) in [4.78, 5) is 8.26. The summed E-state index contributed by atoms with van der Waals surface area (Å²) < 4.78 is 6.28. The van der Waals surface area contributed by atoms with E-state index < -0.39 is 0 Å². The van der Waals surface area contributed by atoms with Gasteiger partial charge in [0.2, 0.25) is 0 Å². The van der Waals surface area contributed by atoms with Crippen molar-refractivity contribution in [2.24, 2.45) is 0 Å². The summed E-state index contributed by atoms with van der Waals surface area (Å²) in [5, 5.41) is 14.6. The molecule has 2 aliphatic rings. The van der Waals surface area contributed by atoms with Crippen LogP contribution in [0.4, 0.5) is 5.82 Å². The predicted molar refractivity (Wildman–Crippen MR) is 98.5 cm³/mol. The maximum absolute atomic E-state index is 8.99. The van der Waals surface area contributed by atoms with Crippen molar-refractivity contribution in [1.82, 2.24) is 9.88 Å². The van der Waals surface area contributed by atoms with E-state index in [1.165, 1.54) is 11.3 Å². The molecule has 0 unspecified atom stereocenters. The first-order chi connectivity index (χ1) is 12.2. The fourth-order valence-corrected chi connectivity index (χ4v) is 4.70. The highest BCUT2D eigenvalue weighted by Crippen LogP contribution is 2.36. The number of pyridine rings is 1. The van der Waals surface area contributed by atoms with Gasteiger partial charge in [-0.3, -0.25) is 4.90 Å². The van der Waals surface area contributed by atoms with E-state index in [1.807, 2.05) is 23.5 Å². The first-order valence-electron chi connectivity index (χ1n) is 8.77. The summed E-state index contributed by atoms with van der Waals surface area (Å²) in [6, 6.07) is 12.2. The second-order valence-electron chi connectivity index (χ2n) is 6.95. The Labute approximate surface area is 152 Å². The van der Waals surface area contributed by atoms with Crippen LogP contribution in [-0.4, -0.2) is 41.2 Å². The van der Waals surface area contributed by atoms with Crippen LogP contribution in [-0.2, 0) is 11.3 Å². The zero-order valence-corrected chi connectivity index (χ0v) is 15.0. The number of rotatable bonds is 4. The lowest BCUT2D eigenvalue weighted by Crippen LogP contribution is -2.47. The van der Waals surface area contributed by atoms with Crippen LogP contribution in [0.25, 0.3) is 0 Å². The average Bonchev–Trinajstić information content (AvgIpc) is 3.26. The summed E-state index contributed by atoms with van der Waals surface area (Å²) in [7, 11) is 0. The highest BCUT2D eigenvalue weighted by atomic mass is 32.1. The number of hydrogen-bond donors (Lipinski definition) is 1. The van der Waals surface area contributed by atoms with Gasteiger partial charge >= 0.3 is 0 Å². The van der Waals surface area contributed by atoms with Gasteiger partial charge in [-0.15, -0.1) is 11.3 Å². The molecule has 2 saturated heterocycles. The highest BCUT2D eigenvalue weighted by molar-refractivity contribution is 7.09. The second kappa shape index (κ2) is 7.12. The molecule has 4 rings (SSSR count). The molecule has 0 amide bonds. The van der Waals surface area contributed by atoms with Crippen molar-refractivity contribution in [3.63, 3.8) is 0 Å². The van der Waals surface area contributed by atoms with Crippen molar-refractivity contribution in [1.29, 1.82) is 5.26 Å². The van der Waals surface area contributed by atoms with Gasteiger partial charge in [0.1, 0.15) is 17.6 Å². The van der Waals surface area contributed by atoms with Crippen molar-refractivity contribution in [3.05, 3.63) is 46.3 Å². The molecule has 25 heavy (non-hydrogen) atoms. The first-order valence-corrected chi connectivity index (χ1v) is 9.65. The van der Waals surface area contributed by atoms with Gasteiger partial charge in [-0.1, -0.05) is 12.1 Å². The van der Waals surface area contributed by atoms with Crippen LogP contribution in [0.1, 0.15) is 29.8 Å². The number of likely N-dealkylation sites (tertiary alicyclic amines) is 1. The van der Waals surface area contributed by atoms with Crippen LogP contribution in [0.5, 0.6) is 0 Å². The van der Waals surface area contributed by atoms with Crippen molar-refractivity contribution < 1.29 is 4.74 Å². The summed E-state index contributed by atoms with van der Waals surface area (Å²) in [6.45, 7) is 3.86. The molecule has 2 aliphatic heterocycles. The minimum absolute atomic E-state index is 0.0417. The molecule has 2 aromatic rings. The van der Waals surface area contributed by atoms with Gasteiger partial charge in [-0.05, 0) is 43.0 Å². The Hall–Kier alpha value is -1.94. The Kier molecular flexibility index (Phi) is 4.71. The van der Waals surface area contributed by atoms with E-state index in [9.17, 15) is 0 Å². The number of nitrogens with one attached hydrogen (secondary N) is 1. The van der Waals surface area contributed by atoms with Gasteiger partial charge < -0.3 is 10.1 Å². The minimum atomic E-state index is -0.0417. The smallest absolute Gasteiger partial charge is 0.142 e. The molecule has 0 bridgehead atoms. The third-order valence-corrected chi connectivity index (χ3v) is 5.86. The number of ether oxygens (including phenoxy) is 1. The summed E-state index contributed by atoms with van der Waals surface area (Å²) >= 11 is 1.82. The molecule has 0 radical (unpaired) electrons. The Morgan fingerprint density at radius 3 is 3.20 bits per heavy atom. The lowest BCUT2D eigenvalue weighted by Gasteiger charge is -2.39. The van der Waals surface area contributed by atoms with Gasteiger partial charge in [-0.25, -0.2) is 4.98 Å². The molecule has 0 aromatic carbocycles. The molecular weight excluding hydrogens is 332 g/mol. The van der Waals surface area contributed by atoms with E-state index in [0.717, 1.165) is 38.3 Å². The maximum Gasteiger partial charge on any atom is 0.142 e. The van der Waals surface area contributed by atoms with Gasteiger partial charge in [0.05, 0.1) is 18.2 Å². The van der Waals surface area contributed by atoms with Crippen molar-refractivity contribution in [2.75, 3.05) is 25.0 Å². The van der Waals surface area contributed by atoms with Crippen LogP contribution in [0, 0.1) is 11.3 Å². The molecule has 5 nitrogen and oxygen atoms in total. The molecule has 2 fully saturated rings. The average molecular weight is 354 g/mol. The number of anilines is 1. The molecule has 0 aliphatic carbocycles. The number of piperidine rings is 1. The predicted octanol–water partition coefficient (Wildman–Crippen LogP) is 3.25. The largest absolute Gasteiger partial charge is 0.371 e. The zero-order chi connectivity index (χ0) is 17.1. The third kappa shape index (κ3) is 3.84. The van der Waals surface area contributed by atoms with E-state index in [-0.39, 0.29) is 11.6 Å².